The minimum Gasteiger partial charge on any atom is -0.504 e. The lowest BCUT2D eigenvalue weighted by atomic mass is 10.0. The first-order valence-corrected chi connectivity index (χ1v) is 8.30. The van der Waals surface area contributed by atoms with E-state index in [9.17, 15) is 9.90 Å². The quantitative estimate of drug-likeness (QED) is 0.747. The third-order valence-corrected chi connectivity index (χ3v) is 4.51. The zero-order chi connectivity index (χ0) is 18.1. The summed E-state index contributed by atoms with van der Waals surface area (Å²) in [5, 5.41) is 14.0. The Hall–Kier alpha value is -3.47. The molecule has 0 radical (unpaired) electrons. The van der Waals surface area contributed by atoms with Gasteiger partial charge >= 0.3 is 0 Å². The van der Waals surface area contributed by atoms with Gasteiger partial charge in [-0.3, -0.25) is 9.69 Å². The van der Waals surface area contributed by atoms with Crippen LogP contribution in [0.25, 0.3) is 0 Å². The van der Waals surface area contributed by atoms with E-state index in [4.69, 9.17) is 4.74 Å². The van der Waals surface area contributed by atoms with Crippen LogP contribution in [0.4, 0.5) is 11.4 Å². The maximum atomic E-state index is 13.2. The van der Waals surface area contributed by atoms with Gasteiger partial charge in [0.05, 0.1) is 12.7 Å². The molecule has 130 valence electrons. The summed E-state index contributed by atoms with van der Waals surface area (Å²) in [7, 11) is 1.50. The highest BCUT2D eigenvalue weighted by atomic mass is 16.5. The summed E-state index contributed by atoms with van der Waals surface area (Å²) in [5.74, 6) is 0.252. The summed E-state index contributed by atoms with van der Waals surface area (Å²) >= 11 is 0. The molecule has 0 spiro atoms. The molecule has 0 aliphatic carbocycles. The van der Waals surface area contributed by atoms with E-state index in [-0.39, 0.29) is 11.7 Å². The van der Waals surface area contributed by atoms with E-state index in [1.54, 1.807) is 29.2 Å². The fourth-order valence-corrected chi connectivity index (χ4v) is 3.25. The number of carbonyl (C=O) groups excluding carboxylic acids is 1. The van der Waals surface area contributed by atoms with Crippen LogP contribution in [-0.4, -0.2) is 18.1 Å². The van der Waals surface area contributed by atoms with Gasteiger partial charge in [-0.15, -0.1) is 0 Å². The van der Waals surface area contributed by atoms with Crippen molar-refractivity contribution in [1.82, 2.24) is 0 Å². The molecule has 1 heterocycles. The molecule has 2 N–H and O–H groups in total. The van der Waals surface area contributed by atoms with Crippen molar-refractivity contribution in [3.05, 3.63) is 83.9 Å². The average Bonchev–Trinajstić information content (AvgIpc) is 2.69. The van der Waals surface area contributed by atoms with Crippen molar-refractivity contribution in [3.8, 4) is 11.5 Å². The lowest BCUT2D eigenvalue weighted by Crippen LogP contribution is -2.43. The molecule has 0 saturated heterocycles. The first kappa shape index (κ1) is 16.0. The molecule has 0 saturated carbocycles. The topological polar surface area (TPSA) is 61.8 Å². The van der Waals surface area contributed by atoms with E-state index >= 15 is 0 Å². The highest BCUT2D eigenvalue weighted by molar-refractivity contribution is 6.12. The second kappa shape index (κ2) is 6.44. The van der Waals surface area contributed by atoms with E-state index in [0.29, 0.717) is 16.9 Å². The molecule has 1 atom stereocenters. The molecule has 1 aliphatic heterocycles. The van der Waals surface area contributed by atoms with Crippen molar-refractivity contribution in [1.29, 1.82) is 0 Å². The molecule has 0 bridgehead atoms. The molecule has 5 heteroatoms. The lowest BCUT2D eigenvalue weighted by molar-refractivity contribution is 0.0974. The molecule has 0 aromatic heterocycles. The Balaban J connectivity index is 1.90. The molecule has 1 amide bonds. The van der Waals surface area contributed by atoms with Crippen LogP contribution in [0, 0.1) is 0 Å². The number of para-hydroxylation sites is 3. The number of phenols is 1. The van der Waals surface area contributed by atoms with Gasteiger partial charge in [-0.2, -0.15) is 0 Å². The number of ether oxygens (including phenoxy) is 1. The number of methoxy groups -OCH3 is 1. The molecular weight excluding hydrogens is 328 g/mol. The van der Waals surface area contributed by atoms with Crippen LogP contribution in [0.3, 0.4) is 0 Å². The van der Waals surface area contributed by atoms with Crippen molar-refractivity contribution < 1.29 is 14.6 Å². The average molecular weight is 346 g/mol. The van der Waals surface area contributed by atoms with E-state index < -0.39 is 6.17 Å². The van der Waals surface area contributed by atoms with Crippen LogP contribution in [0.5, 0.6) is 11.5 Å². The summed E-state index contributed by atoms with van der Waals surface area (Å²) < 4.78 is 5.23. The molecule has 5 nitrogen and oxygen atoms in total. The number of rotatable bonds is 3. The largest absolute Gasteiger partial charge is 0.504 e. The number of phenolic OH excluding ortho intramolecular Hbond substituents is 1. The number of nitrogens with one attached hydrogen (secondary N) is 1. The molecule has 1 aliphatic rings. The normalized spacial score (nSPS) is 16.0. The fraction of sp³-hybridized carbons (Fsp3) is 0.0952. The molecule has 3 aromatic carbocycles. The van der Waals surface area contributed by atoms with Crippen LogP contribution in [-0.2, 0) is 0 Å². The molecule has 1 unspecified atom stereocenters. The third kappa shape index (κ3) is 2.54. The SMILES string of the molecule is COc1cccc(C2Nc3ccccc3C(=O)N2c2ccccc2)c1O. The van der Waals surface area contributed by atoms with Crippen LogP contribution in [0.2, 0.25) is 0 Å². The third-order valence-electron chi connectivity index (χ3n) is 4.51. The summed E-state index contributed by atoms with van der Waals surface area (Å²) in [6, 6.07) is 22.0. The Morgan fingerprint density at radius 2 is 1.69 bits per heavy atom. The minimum atomic E-state index is -0.560. The van der Waals surface area contributed by atoms with Gasteiger partial charge in [0.2, 0.25) is 0 Å². The molecule has 26 heavy (non-hydrogen) atoms. The van der Waals surface area contributed by atoms with Gasteiger partial charge < -0.3 is 15.2 Å². The highest BCUT2D eigenvalue weighted by Crippen LogP contribution is 2.41. The molecular formula is C21H18N2O3. The van der Waals surface area contributed by atoms with Gasteiger partial charge in [0.15, 0.2) is 11.5 Å². The maximum absolute atomic E-state index is 13.2. The predicted octanol–water partition coefficient (Wildman–Crippen LogP) is 4.17. The fourth-order valence-electron chi connectivity index (χ4n) is 3.25. The summed E-state index contributed by atoms with van der Waals surface area (Å²) in [6.45, 7) is 0. The van der Waals surface area contributed by atoms with E-state index in [2.05, 4.69) is 5.32 Å². The number of carbonyl (C=O) groups is 1. The van der Waals surface area contributed by atoms with Crippen molar-refractivity contribution in [2.45, 2.75) is 6.17 Å². The van der Waals surface area contributed by atoms with Gasteiger partial charge in [0.1, 0.15) is 6.17 Å². The van der Waals surface area contributed by atoms with Crippen LogP contribution < -0.4 is 15.0 Å². The first-order chi connectivity index (χ1) is 12.7. The van der Waals surface area contributed by atoms with Gasteiger partial charge in [-0.1, -0.05) is 42.5 Å². The Kier molecular flexibility index (Phi) is 3.97. The molecule has 3 aromatic rings. The first-order valence-electron chi connectivity index (χ1n) is 8.30. The summed E-state index contributed by atoms with van der Waals surface area (Å²) in [5.41, 5.74) is 2.63. The Morgan fingerprint density at radius 3 is 2.46 bits per heavy atom. The zero-order valence-corrected chi connectivity index (χ0v) is 14.2. The van der Waals surface area contributed by atoms with Gasteiger partial charge in [-0.05, 0) is 30.3 Å². The highest BCUT2D eigenvalue weighted by Gasteiger charge is 2.35. The number of anilines is 2. The Morgan fingerprint density at radius 1 is 0.962 bits per heavy atom. The van der Waals surface area contributed by atoms with Crippen LogP contribution >= 0.6 is 0 Å². The monoisotopic (exact) mass is 346 g/mol. The Bertz CT molecular complexity index is 956. The number of amides is 1. The van der Waals surface area contributed by atoms with E-state index in [0.717, 1.165) is 11.4 Å². The number of aromatic hydroxyl groups is 1. The predicted molar refractivity (Wildman–Crippen MR) is 101 cm³/mol. The summed E-state index contributed by atoms with van der Waals surface area (Å²) in [6.07, 6.45) is -0.560. The molecule has 0 fully saturated rings. The number of fused-ring (bicyclic) bond motifs is 1. The zero-order valence-electron chi connectivity index (χ0n) is 14.2. The van der Waals surface area contributed by atoms with E-state index in [1.165, 1.54) is 7.11 Å². The smallest absolute Gasteiger partial charge is 0.262 e. The van der Waals surface area contributed by atoms with Gasteiger partial charge in [-0.25, -0.2) is 0 Å². The lowest BCUT2D eigenvalue weighted by Gasteiger charge is -2.38. The van der Waals surface area contributed by atoms with Crippen molar-refractivity contribution in [3.63, 3.8) is 0 Å². The number of hydrogen-bond donors (Lipinski definition) is 2. The number of hydrogen-bond acceptors (Lipinski definition) is 4. The van der Waals surface area contributed by atoms with Crippen molar-refractivity contribution in [2.75, 3.05) is 17.3 Å². The van der Waals surface area contributed by atoms with Crippen molar-refractivity contribution in [2.24, 2.45) is 0 Å². The van der Waals surface area contributed by atoms with E-state index in [1.807, 2.05) is 48.5 Å². The van der Waals surface area contributed by atoms with Gasteiger partial charge in [0.25, 0.3) is 5.91 Å². The number of benzene rings is 3. The number of nitrogens with zero attached hydrogens (tertiary/aromatic N) is 1. The second-order valence-corrected chi connectivity index (χ2v) is 6.00. The van der Waals surface area contributed by atoms with Gasteiger partial charge in [0, 0.05) is 16.9 Å². The summed E-state index contributed by atoms with van der Waals surface area (Å²) in [4.78, 5) is 14.9. The molecule has 4 rings (SSSR count). The van der Waals surface area contributed by atoms with Crippen molar-refractivity contribution >= 4 is 17.3 Å². The second-order valence-electron chi connectivity index (χ2n) is 6.00. The standard InChI is InChI=1S/C21H18N2O3/c1-26-18-13-7-11-16(19(18)24)20-22-17-12-6-5-10-15(17)21(25)23(20)14-8-3-2-4-9-14/h2-13,20,22,24H,1H3. The van der Waals surface area contributed by atoms with Crippen LogP contribution in [0.15, 0.2) is 72.8 Å². The Labute approximate surface area is 151 Å². The van der Waals surface area contributed by atoms with Crippen LogP contribution in [0.1, 0.15) is 22.1 Å². The minimum absolute atomic E-state index is 0.0145. The maximum Gasteiger partial charge on any atom is 0.262 e.